The van der Waals surface area contributed by atoms with Crippen LogP contribution in [-0.4, -0.2) is 11.5 Å². The summed E-state index contributed by atoms with van der Waals surface area (Å²) in [6.45, 7) is 7.20. The van der Waals surface area contributed by atoms with Crippen LogP contribution in [0.15, 0.2) is 12.1 Å². The maximum absolute atomic E-state index is 4.45. The summed E-state index contributed by atoms with van der Waals surface area (Å²) in [7, 11) is 0. The predicted octanol–water partition coefficient (Wildman–Crippen LogP) is 2.38. The van der Waals surface area contributed by atoms with Crippen LogP contribution >= 0.6 is 0 Å². The van der Waals surface area contributed by atoms with Crippen molar-refractivity contribution in [1.29, 1.82) is 0 Å². The van der Waals surface area contributed by atoms with Crippen LogP contribution in [0.5, 0.6) is 0 Å². The summed E-state index contributed by atoms with van der Waals surface area (Å²) in [5, 5.41) is 3.26. The fraction of sp³-hybridized carbons (Fsp3) is 0.500. The first-order valence-electron chi connectivity index (χ1n) is 4.48. The van der Waals surface area contributed by atoms with Crippen LogP contribution in [0.1, 0.15) is 25.2 Å². The number of anilines is 1. The second-order valence-corrected chi connectivity index (χ2v) is 2.82. The molecule has 0 fully saturated rings. The zero-order valence-electron chi connectivity index (χ0n) is 8.02. The standard InChI is InChI=1S/C10H16N2/c1-4-9-6-7-10(11-5-2)8(3)12-9/h6-7,11H,4-5H2,1-3H3. The minimum absolute atomic E-state index is 0.952. The number of hydrogen-bond donors (Lipinski definition) is 1. The summed E-state index contributed by atoms with van der Waals surface area (Å²) in [4.78, 5) is 4.45. The van der Waals surface area contributed by atoms with Gasteiger partial charge >= 0.3 is 0 Å². The molecule has 66 valence electrons. The maximum atomic E-state index is 4.45. The molecule has 0 saturated carbocycles. The molecular formula is C10H16N2. The fourth-order valence-electron chi connectivity index (χ4n) is 1.19. The molecule has 1 aromatic rings. The van der Waals surface area contributed by atoms with Gasteiger partial charge in [0.15, 0.2) is 0 Å². The highest BCUT2D eigenvalue weighted by Gasteiger charge is 1.98. The molecule has 1 heterocycles. The van der Waals surface area contributed by atoms with Crippen LogP contribution in [0.4, 0.5) is 5.69 Å². The van der Waals surface area contributed by atoms with Gasteiger partial charge in [0, 0.05) is 12.2 Å². The van der Waals surface area contributed by atoms with Crippen molar-refractivity contribution in [2.24, 2.45) is 0 Å². The van der Waals surface area contributed by atoms with Gasteiger partial charge in [-0.15, -0.1) is 0 Å². The van der Waals surface area contributed by atoms with Crippen molar-refractivity contribution >= 4 is 5.69 Å². The number of nitrogens with zero attached hydrogens (tertiary/aromatic N) is 1. The number of hydrogen-bond acceptors (Lipinski definition) is 2. The summed E-state index contributed by atoms with van der Waals surface area (Å²) in [5.41, 5.74) is 3.40. The van der Waals surface area contributed by atoms with E-state index in [9.17, 15) is 0 Å². The molecule has 0 saturated heterocycles. The molecule has 0 atom stereocenters. The Morgan fingerprint density at radius 2 is 2.08 bits per heavy atom. The molecule has 2 heteroatoms. The highest BCUT2D eigenvalue weighted by Crippen LogP contribution is 2.12. The van der Waals surface area contributed by atoms with Crippen molar-refractivity contribution in [2.75, 3.05) is 11.9 Å². The summed E-state index contributed by atoms with van der Waals surface area (Å²) >= 11 is 0. The van der Waals surface area contributed by atoms with Gasteiger partial charge in [-0.2, -0.15) is 0 Å². The molecule has 0 radical (unpaired) electrons. The van der Waals surface area contributed by atoms with Crippen molar-refractivity contribution in [3.8, 4) is 0 Å². The molecule has 0 aliphatic rings. The predicted molar refractivity (Wildman–Crippen MR) is 52.5 cm³/mol. The molecular weight excluding hydrogens is 148 g/mol. The molecule has 0 bridgehead atoms. The van der Waals surface area contributed by atoms with Gasteiger partial charge in [0.25, 0.3) is 0 Å². The van der Waals surface area contributed by atoms with Gasteiger partial charge in [-0.25, -0.2) is 0 Å². The summed E-state index contributed by atoms with van der Waals surface area (Å²) in [6.07, 6.45) is 1.01. The summed E-state index contributed by atoms with van der Waals surface area (Å²) in [6, 6.07) is 4.18. The van der Waals surface area contributed by atoms with E-state index in [4.69, 9.17) is 0 Å². The third-order valence-electron chi connectivity index (χ3n) is 1.87. The monoisotopic (exact) mass is 164 g/mol. The van der Waals surface area contributed by atoms with Gasteiger partial charge in [0.1, 0.15) is 0 Å². The molecule has 1 aromatic heterocycles. The maximum Gasteiger partial charge on any atom is 0.0607 e. The second-order valence-electron chi connectivity index (χ2n) is 2.82. The molecule has 1 N–H and O–H groups in total. The van der Waals surface area contributed by atoms with Gasteiger partial charge in [0.2, 0.25) is 0 Å². The van der Waals surface area contributed by atoms with E-state index < -0.39 is 0 Å². The molecule has 0 aliphatic carbocycles. The Morgan fingerprint density at radius 3 is 2.58 bits per heavy atom. The van der Waals surface area contributed by atoms with E-state index in [0.717, 1.165) is 30.0 Å². The van der Waals surface area contributed by atoms with Gasteiger partial charge in [-0.1, -0.05) is 6.92 Å². The summed E-state index contributed by atoms with van der Waals surface area (Å²) in [5.74, 6) is 0. The molecule has 0 unspecified atom stereocenters. The van der Waals surface area contributed by atoms with Gasteiger partial charge in [-0.3, -0.25) is 4.98 Å². The molecule has 1 rings (SSSR count). The number of pyridine rings is 1. The largest absolute Gasteiger partial charge is 0.384 e. The van der Waals surface area contributed by atoms with Crippen LogP contribution < -0.4 is 5.32 Å². The Balaban J connectivity index is 2.87. The third-order valence-corrected chi connectivity index (χ3v) is 1.87. The van der Waals surface area contributed by atoms with Crippen LogP contribution in [0.3, 0.4) is 0 Å². The number of aromatic nitrogens is 1. The van der Waals surface area contributed by atoms with Crippen molar-refractivity contribution in [3.05, 3.63) is 23.5 Å². The van der Waals surface area contributed by atoms with Gasteiger partial charge in [0.05, 0.1) is 11.4 Å². The van der Waals surface area contributed by atoms with E-state index in [1.165, 1.54) is 0 Å². The lowest BCUT2D eigenvalue weighted by molar-refractivity contribution is 1.00. The highest BCUT2D eigenvalue weighted by atomic mass is 14.9. The van der Waals surface area contributed by atoms with E-state index >= 15 is 0 Å². The lowest BCUT2D eigenvalue weighted by Crippen LogP contribution is -2.01. The zero-order valence-corrected chi connectivity index (χ0v) is 8.02. The third kappa shape index (κ3) is 1.97. The van der Waals surface area contributed by atoms with Crippen LogP contribution in [0.25, 0.3) is 0 Å². The summed E-state index contributed by atoms with van der Waals surface area (Å²) < 4.78 is 0. The second kappa shape index (κ2) is 4.10. The molecule has 12 heavy (non-hydrogen) atoms. The van der Waals surface area contributed by atoms with E-state index in [1.807, 2.05) is 6.92 Å². The molecule has 2 nitrogen and oxygen atoms in total. The smallest absolute Gasteiger partial charge is 0.0607 e. The van der Waals surface area contributed by atoms with Crippen molar-refractivity contribution < 1.29 is 0 Å². The van der Waals surface area contributed by atoms with Crippen molar-refractivity contribution in [1.82, 2.24) is 4.98 Å². The minimum atomic E-state index is 0.952. The SMILES string of the molecule is CCNc1ccc(CC)nc1C. The normalized spacial score (nSPS) is 9.92. The average Bonchev–Trinajstić information content (AvgIpc) is 2.09. The van der Waals surface area contributed by atoms with E-state index in [2.05, 4.69) is 36.3 Å². The van der Waals surface area contributed by atoms with Gasteiger partial charge in [-0.05, 0) is 32.4 Å². The molecule has 0 spiro atoms. The zero-order chi connectivity index (χ0) is 8.97. The minimum Gasteiger partial charge on any atom is -0.384 e. The Kier molecular flexibility index (Phi) is 3.09. The average molecular weight is 164 g/mol. The van der Waals surface area contributed by atoms with Crippen LogP contribution in [0.2, 0.25) is 0 Å². The molecule has 0 aliphatic heterocycles. The topological polar surface area (TPSA) is 24.9 Å². The van der Waals surface area contributed by atoms with Gasteiger partial charge < -0.3 is 5.32 Å². The number of nitrogens with one attached hydrogen (secondary N) is 1. The van der Waals surface area contributed by atoms with Crippen molar-refractivity contribution in [2.45, 2.75) is 27.2 Å². The van der Waals surface area contributed by atoms with Crippen LogP contribution in [0, 0.1) is 6.92 Å². The first-order chi connectivity index (χ1) is 5.77. The highest BCUT2D eigenvalue weighted by molar-refractivity contribution is 5.47. The Morgan fingerprint density at radius 1 is 1.33 bits per heavy atom. The number of aryl methyl sites for hydroxylation is 2. The van der Waals surface area contributed by atoms with E-state index in [0.29, 0.717) is 0 Å². The quantitative estimate of drug-likeness (QED) is 0.742. The van der Waals surface area contributed by atoms with Crippen LogP contribution in [-0.2, 0) is 6.42 Å². The molecule has 0 aromatic carbocycles. The Labute approximate surface area is 74.0 Å². The molecule has 0 amide bonds. The Bertz CT molecular complexity index is 256. The number of rotatable bonds is 3. The Hall–Kier alpha value is -1.05. The van der Waals surface area contributed by atoms with E-state index in [1.54, 1.807) is 0 Å². The fourth-order valence-corrected chi connectivity index (χ4v) is 1.19. The first kappa shape index (κ1) is 9.04. The van der Waals surface area contributed by atoms with E-state index in [-0.39, 0.29) is 0 Å². The first-order valence-corrected chi connectivity index (χ1v) is 4.48. The van der Waals surface area contributed by atoms with Crippen molar-refractivity contribution in [3.63, 3.8) is 0 Å². The lowest BCUT2D eigenvalue weighted by atomic mass is 10.2. The lowest BCUT2D eigenvalue weighted by Gasteiger charge is -2.07.